The highest BCUT2D eigenvalue weighted by Gasteiger charge is 2.30. The maximum absolute atomic E-state index is 13.2. The van der Waals surface area contributed by atoms with Crippen LogP contribution in [0, 0.1) is 21.3 Å². The number of amides is 1. The van der Waals surface area contributed by atoms with Gasteiger partial charge >= 0.3 is 0 Å². The molecule has 0 bridgehead atoms. The standard InChI is InChI=1S/C12H16FN3O3/c1-3-12(2,7-14)11(17)15-9-4-8(13)5-10(6-9)16(18)19/h4-6H,3,7,14H2,1-2H3,(H,15,17). The predicted octanol–water partition coefficient (Wildman–Crippen LogP) is 2.05. The third-order valence-corrected chi connectivity index (χ3v) is 3.13. The van der Waals surface area contributed by atoms with Crippen LogP contribution >= 0.6 is 0 Å². The number of nitro groups is 1. The fourth-order valence-corrected chi connectivity index (χ4v) is 1.43. The van der Waals surface area contributed by atoms with Crippen LogP contribution in [0.3, 0.4) is 0 Å². The maximum atomic E-state index is 13.2. The van der Waals surface area contributed by atoms with Gasteiger partial charge in [0.05, 0.1) is 22.1 Å². The van der Waals surface area contributed by atoms with Crippen LogP contribution in [-0.2, 0) is 4.79 Å². The van der Waals surface area contributed by atoms with Gasteiger partial charge in [-0.2, -0.15) is 0 Å². The average molecular weight is 269 g/mol. The van der Waals surface area contributed by atoms with Crippen molar-refractivity contribution >= 4 is 17.3 Å². The molecule has 1 rings (SSSR count). The van der Waals surface area contributed by atoms with E-state index in [1.165, 1.54) is 0 Å². The zero-order valence-electron chi connectivity index (χ0n) is 10.8. The lowest BCUT2D eigenvalue weighted by atomic mass is 9.86. The Balaban J connectivity index is 3.00. The van der Waals surface area contributed by atoms with E-state index in [0.29, 0.717) is 6.42 Å². The van der Waals surface area contributed by atoms with Crippen molar-refractivity contribution in [1.82, 2.24) is 0 Å². The van der Waals surface area contributed by atoms with Gasteiger partial charge in [0.1, 0.15) is 5.82 Å². The fraction of sp³-hybridized carbons (Fsp3) is 0.417. The van der Waals surface area contributed by atoms with Crippen LogP contribution < -0.4 is 11.1 Å². The molecule has 0 aliphatic heterocycles. The molecule has 1 amide bonds. The van der Waals surface area contributed by atoms with Crippen molar-refractivity contribution in [2.24, 2.45) is 11.1 Å². The fourth-order valence-electron chi connectivity index (χ4n) is 1.43. The van der Waals surface area contributed by atoms with Crippen LogP contribution in [0.1, 0.15) is 20.3 Å². The first kappa shape index (κ1) is 15.0. The molecule has 0 radical (unpaired) electrons. The minimum atomic E-state index is -0.791. The van der Waals surface area contributed by atoms with Crippen molar-refractivity contribution in [3.05, 3.63) is 34.1 Å². The van der Waals surface area contributed by atoms with E-state index < -0.39 is 27.8 Å². The summed E-state index contributed by atoms with van der Waals surface area (Å²) in [6.07, 6.45) is 0.507. The van der Waals surface area contributed by atoms with E-state index in [9.17, 15) is 19.3 Å². The average Bonchev–Trinajstić information content (AvgIpc) is 2.36. The third kappa shape index (κ3) is 3.47. The molecule has 0 aromatic heterocycles. The number of carbonyl (C=O) groups excluding carboxylic acids is 1. The van der Waals surface area contributed by atoms with Crippen LogP contribution in [0.2, 0.25) is 0 Å². The van der Waals surface area contributed by atoms with Crippen LogP contribution in [0.4, 0.5) is 15.8 Å². The third-order valence-electron chi connectivity index (χ3n) is 3.13. The molecule has 0 saturated carbocycles. The van der Waals surface area contributed by atoms with E-state index in [0.717, 1.165) is 18.2 Å². The Bertz CT molecular complexity index is 501. The zero-order chi connectivity index (χ0) is 14.6. The van der Waals surface area contributed by atoms with Gasteiger partial charge in [0.2, 0.25) is 5.91 Å². The Kier molecular flexibility index (Phi) is 4.55. The highest BCUT2D eigenvalue weighted by molar-refractivity contribution is 5.95. The second-order valence-electron chi connectivity index (χ2n) is 4.53. The number of hydrogen-bond acceptors (Lipinski definition) is 4. The number of nitrogens with two attached hydrogens (primary N) is 1. The molecule has 1 aromatic carbocycles. The summed E-state index contributed by atoms with van der Waals surface area (Å²) in [5, 5.41) is 13.1. The summed E-state index contributed by atoms with van der Waals surface area (Å²) in [4.78, 5) is 21.9. The summed E-state index contributed by atoms with van der Waals surface area (Å²) in [7, 11) is 0. The molecule has 7 heteroatoms. The zero-order valence-corrected chi connectivity index (χ0v) is 10.8. The molecule has 3 N–H and O–H groups in total. The number of anilines is 1. The van der Waals surface area contributed by atoms with Crippen LogP contribution in [0.25, 0.3) is 0 Å². The van der Waals surface area contributed by atoms with Gasteiger partial charge in [-0.15, -0.1) is 0 Å². The van der Waals surface area contributed by atoms with E-state index in [4.69, 9.17) is 5.73 Å². The summed E-state index contributed by atoms with van der Waals surface area (Å²) in [6, 6.07) is 2.92. The number of hydrogen-bond donors (Lipinski definition) is 2. The van der Waals surface area contributed by atoms with E-state index in [1.54, 1.807) is 13.8 Å². The van der Waals surface area contributed by atoms with Crippen molar-refractivity contribution < 1.29 is 14.1 Å². The van der Waals surface area contributed by atoms with Crippen LogP contribution in [-0.4, -0.2) is 17.4 Å². The number of halogens is 1. The smallest absolute Gasteiger partial charge is 0.274 e. The highest BCUT2D eigenvalue weighted by Crippen LogP contribution is 2.24. The SMILES string of the molecule is CCC(C)(CN)C(=O)Nc1cc(F)cc([N+](=O)[O-])c1. The van der Waals surface area contributed by atoms with Gasteiger partial charge in [0.15, 0.2) is 0 Å². The van der Waals surface area contributed by atoms with Crippen molar-refractivity contribution in [1.29, 1.82) is 0 Å². The second-order valence-corrected chi connectivity index (χ2v) is 4.53. The first-order valence-electron chi connectivity index (χ1n) is 5.79. The second kappa shape index (κ2) is 5.75. The van der Waals surface area contributed by atoms with Crippen LogP contribution in [0.15, 0.2) is 18.2 Å². The van der Waals surface area contributed by atoms with Crippen molar-refractivity contribution in [3.8, 4) is 0 Å². The van der Waals surface area contributed by atoms with E-state index in [2.05, 4.69) is 5.32 Å². The van der Waals surface area contributed by atoms with Crippen molar-refractivity contribution in [3.63, 3.8) is 0 Å². The van der Waals surface area contributed by atoms with Gasteiger partial charge in [-0.25, -0.2) is 4.39 Å². The summed E-state index contributed by atoms with van der Waals surface area (Å²) < 4.78 is 13.2. The monoisotopic (exact) mass is 269 g/mol. The van der Waals surface area contributed by atoms with Crippen LogP contribution in [0.5, 0.6) is 0 Å². The Hall–Kier alpha value is -2.02. The first-order valence-corrected chi connectivity index (χ1v) is 5.79. The molecule has 0 aliphatic rings. The number of non-ortho nitro benzene ring substituents is 1. The molecule has 1 atom stereocenters. The number of nitro benzene ring substituents is 1. The van der Waals surface area contributed by atoms with Gasteiger partial charge in [-0.05, 0) is 19.4 Å². The lowest BCUT2D eigenvalue weighted by Crippen LogP contribution is -2.39. The molecule has 0 saturated heterocycles. The largest absolute Gasteiger partial charge is 0.329 e. The molecular weight excluding hydrogens is 253 g/mol. The molecule has 0 spiro atoms. The maximum Gasteiger partial charge on any atom is 0.274 e. The molecule has 6 nitrogen and oxygen atoms in total. The molecule has 0 fully saturated rings. The summed E-state index contributed by atoms with van der Waals surface area (Å²) in [5.41, 5.74) is 4.38. The van der Waals surface area contributed by atoms with E-state index in [1.807, 2.05) is 0 Å². The lowest BCUT2D eigenvalue weighted by molar-refractivity contribution is -0.385. The Labute approximate surface area is 109 Å². The predicted molar refractivity (Wildman–Crippen MR) is 69.1 cm³/mol. The van der Waals surface area contributed by atoms with Gasteiger partial charge < -0.3 is 11.1 Å². The number of benzene rings is 1. The van der Waals surface area contributed by atoms with Crippen molar-refractivity contribution in [2.75, 3.05) is 11.9 Å². The molecular formula is C12H16FN3O3. The number of nitrogens with one attached hydrogen (secondary N) is 1. The molecule has 19 heavy (non-hydrogen) atoms. The molecule has 0 aliphatic carbocycles. The summed E-state index contributed by atoms with van der Waals surface area (Å²) >= 11 is 0. The minimum Gasteiger partial charge on any atom is -0.329 e. The number of nitrogens with zero attached hydrogens (tertiary/aromatic N) is 1. The number of rotatable bonds is 5. The molecule has 104 valence electrons. The Morgan fingerprint density at radius 3 is 2.63 bits per heavy atom. The Morgan fingerprint density at radius 2 is 2.16 bits per heavy atom. The van der Waals surface area contributed by atoms with E-state index in [-0.39, 0.29) is 12.2 Å². The quantitative estimate of drug-likeness (QED) is 0.631. The molecule has 1 aromatic rings. The molecule has 0 heterocycles. The van der Waals surface area contributed by atoms with Gasteiger partial charge in [-0.1, -0.05) is 6.92 Å². The van der Waals surface area contributed by atoms with Gasteiger partial charge in [0, 0.05) is 12.6 Å². The number of carbonyl (C=O) groups is 1. The normalized spacial score (nSPS) is 13.7. The highest BCUT2D eigenvalue weighted by atomic mass is 19.1. The topological polar surface area (TPSA) is 98.3 Å². The van der Waals surface area contributed by atoms with Gasteiger partial charge in [-0.3, -0.25) is 14.9 Å². The summed E-state index contributed by atoms with van der Waals surface area (Å²) in [6.45, 7) is 3.61. The van der Waals surface area contributed by atoms with Gasteiger partial charge in [0.25, 0.3) is 5.69 Å². The lowest BCUT2D eigenvalue weighted by Gasteiger charge is -2.24. The first-order chi connectivity index (χ1) is 8.82. The summed E-state index contributed by atoms with van der Waals surface area (Å²) in [5.74, 6) is -1.17. The molecule has 1 unspecified atom stereocenters. The Morgan fingerprint density at radius 1 is 1.53 bits per heavy atom. The van der Waals surface area contributed by atoms with Crippen molar-refractivity contribution in [2.45, 2.75) is 20.3 Å². The minimum absolute atomic E-state index is 0.0461. The van der Waals surface area contributed by atoms with E-state index >= 15 is 0 Å².